The Morgan fingerprint density at radius 2 is 2.17 bits per heavy atom. The van der Waals surface area contributed by atoms with Gasteiger partial charge in [-0.15, -0.1) is 0 Å². The summed E-state index contributed by atoms with van der Waals surface area (Å²) < 4.78 is 10.2. The summed E-state index contributed by atoms with van der Waals surface area (Å²) in [7, 11) is 1.67. The highest BCUT2D eigenvalue weighted by atomic mass is 16.5. The lowest BCUT2D eigenvalue weighted by atomic mass is 10.3. The highest BCUT2D eigenvalue weighted by molar-refractivity contribution is 5.38. The fourth-order valence-corrected chi connectivity index (χ4v) is 1.32. The lowest BCUT2D eigenvalue weighted by molar-refractivity contribution is 0.0691. The molecule has 0 atom stereocenters. The Morgan fingerprint density at radius 1 is 1.28 bits per heavy atom. The van der Waals surface area contributed by atoms with Crippen molar-refractivity contribution < 1.29 is 9.47 Å². The Bertz CT molecular complexity index is 324. The van der Waals surface area contributed by atoms with Crippen LogP contribution in [-0.4, -0.2) is 43.4 Å². The number of hydrazine groups is 1. The van der Waals surface area contributed by atoms with Crippen molar-refractivity contribution in [3.8, 4) is 0 Å². The first-order valence-corrected chi connectivity index (χ1v) is 5.97. The van der Waals surface area contributed by atoms with E-state index in [2.05, 4.69) is 20.7 Å². The Kier molecular flexibility index (Phi) is 7.78. The third kappa shape index (κ3) is 6.33. The minimum Gasteiger partial charge on any atom is -0.382 e. The summed E-state index contributed by atoms with van der Waals surface area (Å²) in [5.41, 5.74) is 2.40. The molecule has 0 radical (unpaired) electrons. The first-order valence-electron chi connectivity index (χ1n) is 5.97. The van der Waals surface area contributed by atoms with Crippen LogP contribution < -0.4 is 16.6 Å². The topological polar surface area (TPSA) is 94.3 Å². The molecule has 7 nitrogen and oxygen atoms in total. The van der Waals surface area contributed by atoms with E-state index in [-0.39, 0.29) is 0 Å². The summed E-state index contributed by atoms with van der Waals surface area (Å²) >= 11 is 0. The zero-order valence-electron chi connectivity index (χ0n) is 10.7. The van der Waals surface area contributed by atoms with Crippen LogP contribution in [0.15, 0.2) is 12.3 Å². The van der Waals surface area contributed by atoms with Gasteiger partial charge in [-0.3, -0.25) is 5.43 Å². The van der Waals surface area contributed by atoms with Crippen molar-refractivity contribution in [2.75, 3.05) is 44.2 Å². The quantitative estimate of drug-likeness (QED) is 0.320. The van der Waals surface area contributed by atoms with Crippen molar-refractivity contribution in [3.05, 3.63) is 12.3 Å². The number of methoxy groups -OCH3 is 1. The molecule has 7 heteroatoms. The van der Waals surface area contributed by atoms with E-state index in [1.165, 1.54) is 0 Å². The normalized spacial score (nSPS) is 10.3. The van der Waals surface area contributed by atoms with Crippen LogP contribution in [0.5, 0.6) is 0 Å². The first kappa shape index (κ1) is 14.6. The molecule has 0 saturated heterocycles. The van der Waals surface area contributed by atoms with Crippen LogP contribution in [-0.2, 0) is 9.47 Å². The van der Waals surface area contributed by atoms with Crippen molar-refractivity contribution in [2.24, 2.45) is 5.84 Å². The average molecular weight is 255 g/mol. The van der Waals surface area contributed by atoms with Gasteiger partial charge in [0.25, 0.3) is 0 Å². The summed E-state index contributed by atoms with van der Waals surface area (Å²) in [5.74, 6) is 6.39. The van der Waals surface area contributed by atoms with Crippen molar-refractivity contribution >= 4 is 11.8 Å². The molecule has 0 spiro atoms. The van der Waals surface area contributed by atoms with Crippen molar-refractivity contribution in [1.82, 2.24) is 9.97 Å². The number of ether oxygens (including phenoxy) is 2. The van der Waals surface area contributed by atoms with E-state index < -0.39 is 0 Å². The van der Waals surface area contributed by atoms with Crippen LogP contribution in [0, 0.1) is 0 Å². The monoisotopic (exact) mass is 255 g/mol. The molecule has 1 aromatic heterocycles. The molecule has 0 aliphatic rings. The zero-order valence-corrected chi connectivity index (χ0v) is 10.7. The SMILES string of the molecule is COCCOCCCCNc1ccnc(NN)n1. The molecule has 0 aliphatic heterocycles. The van der Waals surface area contributed by atoms with Gasteiger partial charge >= 0.3 is 0 Å². The number of hydrogen-bond acceptors (Lipinski definition) is 7. The molecular weight excluding hydrogens is 234 g/mol. The molecule has 0 amide bonds. The molecule has 4 N–H and O–H groups in total. The Balaban J connectivity index is 2.03. The van der Waals surface area contributed by atoms with Crippen LogP contribution in [0.4, 0.5) is 11.8 Å². The summed E-state index contributed by atoms with van der Waals surface area (Å²) in [5, 5.41) is 3.19. The number of anilines is 2. The molecule has 102 valence electrons. The summed E-state index contributed by atoms with van der Waals surface area (Å²) in [6.07, 6.45) is 3.67. The summed E-state index contributed by atoms with van der Waals surface area (Å²) in [6, 6.07) is 1.80. The minimum absolute atomic E-state index is 0.405. The molecule has 0 bridgehead atoms. The second-order valence-electron chi connectivity index (χ2n) is 3.65. The van der Waals surface area contributed by atoms with Gasteiger partial charge in [0.15, 0.2) is 0 Å². The van der Waals surface area contributed by atoms with Gasteiger partial charge in [-0.05, 0) is 18.9 Å². The number of aromatic nitrogens is 2. The lowest BCUT2D eigenvalue weighted by Gasteiger charge is -2.07. The maximum absolute atomic E-state index is 5.36. The standard InChI is InChI=1S/C11H21N5O2/c1-17-8-9-18-7-3-2-5-13-10-4-6-14-11(15-10)16-12/h4,6H,2-3,5,7-9,12H2,1H3,(H2,13,14,15,16). The molecule has 18 heavy (non-hydrogen) atoms. The molecule has 0 aromatic carbocycles. The van der Waals surface area contributed by atoms with E-state index in [4.69, 9.17) is 15.3 Å². The number of unbranched alkanes of at least 4 members (excludes halogenated alkanes) is 1. The van der Waals surface area contributed by atoms with Crippen LogP contribution in [0.3, 0.4) is 0 Å². The molecule has 1 rings (SSSR count). The van der Waals surface area contributed by atoms with Gasteiger partial charge in [0.2, 0.25) is 5.95 Å². The number of rotatable bonds is 10. The van der Waals surface area contributed by atoms with Crippen LogP contribution in [0.25, 0.3) is 0 Å². The number of nitrogens with two attached hydrogens (primary N) is 1. The molecule has 0 unspecified atom stereocenters. The van der Waals surface area contributed by atoms with Gasteiger partial charge in [0.05, 0.1) is 13.2 Å². The molecule has 0 aliphatic carbocycles. The fourth-order valence-electron chi connectivity index (χ4n) is 1.32. The third-order valence-electron chi connectivity index (χ3n) is 2.24. The second kappa shape index (κ2) is 9.58. The first-order chi connectivity index (χ1) is 8.86. The van der Waals surface area contributed by atoms with Crippen molar-refractivity contribution in [1.29, 1.82) is 0 Å². The van der Waals surface area contributed by atoms with Crippen LogP contribution in [0.2, 0.25) is 0 Å². The van der Waals surface area contributed by atoms with E-state index in [1.807, 2.05) is 0 Å². The Morgan fingerprint density at radius 3 is 2.94 bits per heavy atom. The number of nitrogen functional groups attached to an aromatic ring is 1. The van der Waals surface area contributed by atoms with E-state index in [9.17, 15) is 0 Å². The highest BCUT2D eigenvalue weighted by Gasteiger charge is 1.96. The molecular formula is C11H21N5O2. The van der Waals surface area contributed by atoms with Crippen LogP contribution >= 0.6 is 0 Å². The minimum atomic E-state index is 0.405. The van der Waals surface area contributed by atoms with Gasteiger partial charge < -0.3 is 14.8 Å². The average Bonchev–Trinajstić information content (AvgIpc) is 2.42. The fraction of sp³-hybridized carbons (Fsp3) is 0.636. The lowest BCUT2D eigenvalue weighted by Crippen LogP contribution is -2.12. The van der Waals surface area contributed by atoms with E-state index in [0.717, 1.165) is 31.8 Å². The molecule has 1 heterocycles. The largest absolute Gasteiger partial charge is 0.382 e. The molecule has 1 aromatic rings. The Hall–Kier alpha value is -1.44. The third-order valence-corrected chi connectivity index (χ3v) is 2.24. The van der Waals surface area contributed by atoms with E-state index in [1.54, 1.807) is 19.4 Å². The van der Waals surface area contributed by atoms with Gasteiger partial charge in [-0.25, -0.2) is 10.8 Å². The number of nitrogens with zero attached hydrogens (tertiary/aromatic N) is 2. The smallest absolute Gasteiger partial charge is 0.239 e. The maximum atomic E-state index is 5.36. The second-order valence-corrected chi connectivity index (χ2v) is 3.65. The summed E-state index contributed by atoms with van der Waals surface area (Å²) in [4.78, 5) is 8.07. The molecule has 0 fully saturated rings. The zero-order chi connectivity index (χ0) is 13.1. The van der Waals surface area contributed by atoms with Crippen molar-refractivity contribution in [3.63, 3.8) is 0 Å². The maximum Gasteiger partial charge on any atom is 0.239 e. The van der Waals surface area contributed by atoms with Crippen LogP contribution in [0.1, 0.15) is 12.8 Å². The predicted molar refractivity (Wildman–Crippen MR) is 70.3 cm³/mol. The number of hydrogen-bond donors (Lipinski definition) is 3. The number of nitrogens with one attached hydrogen (secondary N) is 2. The van der Waals surface area contributed by atoms with E-state index in [0.29, 0.717) is 19.2 Å². The van der Waals surface area contributed by atoms with Crippen molar-refractivity contribution in [2.45, 2.75) is 12.8 Å². The van der Waals surface area contributed by atoms with E-state index >= 15 is 0 Å². The predicted octanol–water partition coefficient (Wildman–Crippen LogP) is 0.617. The molecule has 0 saturated carbocycles. The van der Waals surface area contributed by atoms with Gasteiger partial charge in [-0.2, -0.15) is 4.98 Å². The Labute approximate surface area is 107 Å². The summed E-state index contributed by atoms with van der Waals surface area (Å²) in [6.45, 7) is 2.90. The van der Waals surface area contributed by atoms with Gasteiger partial charge in [0, 0.05) is 26.5 Å². The highest BCUT2D eigenvalue weighted by Crippen LogP contribution is 2.04. The van der Waals surface area contributed by atoms with Gasteiger partial charge in [0.1, 0.15) is 5.82 Å². The van der Waals surface area contributed by atoms with Gasteiger partial charge in [-0.1, -0.05) is 0 Å².